The van der Waals surface area contributed by atoms with Gasteiger partial charge in [0.25, 0.3) is 0 Å². The molecule has 0 saturated heterocycles. The molecule has 0 unspecified atom stereocenters. The lowest BCUT2D eigenvalue weighted by Gasteiger charge is -2.28. The number of fused-ring (bicyclic) bond motifs is 5. The van der Waals surface area contributed by atoms with E-state index in [4.69, 9.17) is 0 Å². The Hall–Kier alpha value is -6.96. The van der Waals surface area contributed by atoms with Gasteiger partial charge in [-0.15, -0.1) is 0 Å². The van der Waals surface area contributed by atoms with Gasteiger partial charge in [-0.05, 0) is 114 Å². The first-order chi connectivity index (χ1) is 26.3. The lowest BCUT2D eigenvalue weighted by Crippen LogP contribution is -2.11. The Morgan fingerprint density at radius 2 is 0.792 bits per heavy atom. The van der Waals surface area contributed by atoms with Crippen molar-refractivity contribution in [3.63, 3.8) is 0 Å². The average Bonchev–Trinajstić information content (AvgIpc) is 3.24. The maximum atomic E-state index is 2.44. The van der Waals surface area contributed by atoms with E-state index in [0.29, 0.717) is 0 Å². The molecule has 0 fully saturated rings. The molecule has 53 heavy (non-hydrogen) atoms. The van der Waals surface area contributed by atoms with E-state index in [1.807, 2.05) is 0 Å². The highest BCUT2D eigenvalue weighted by Gasteiger charge is 2.19. The van der Waals surface area contributed by atoms with E-state index in [-0.39, 0.29) is 0 Å². The highest BCUT2D eigenvalue weighted by Crippen LogP contribution is 2.44. The fraction of sp³-hybridized carbons (Fsp3) is 0. The molecule has 10 aromatic carbocycles. The van der Waals surface area contributed by atoms with Crippen LogP contribution in [-0.2, 0) is 0 Å². The van der Waals surface area contributed by atoms with Crippen LogP contribution in [0.25, 0.3) is 76.5 Å². The molecule has 1 heteroatoms. The van der Waals surface area contributed by atoms with Gasteiger partial charge >= 0.3 is 0 Å². The van der Waals surface area contributed by atoms with Crippen molar-refractivity contribution in [3.05, 3.63) is 212 Å². The van der Waals surface area contributed by atoms with Crippen LogP contribution in [0.3, 0.4) is 0 Å². The quantitative estimate of drug-likeness (QED) is 0.159. The van der Waals surface area contributed by atoms with Gasteiger partial charge in [-0.3, -0.25) is 0 Å². The molecule has 0 aliphatic heterocycles. The maximum Gasteiger partial charge on any atom is 0.0540 e. The molecule has 0 aliphatic rings. The van der Waals surface area contributed by atoms with Crippen LogP contribution in [0.4, 0.5) is 17.1 Å². The number of hydrogen-bond acceptors (Lipinski definition) is 1. The van der Waals surface area contributed by atoms with E-state index < -0.39 is 0 Å². The Morgan fingerprint density at radius 3 is 1.62 bits per heavy atom. The highest BCUT2D eigenvalue weighted by atomic mass is 15.1. The van der Waals surface area contributed by atoms with Crippen LogP contribution in [0.5, 0.6) is 0 Å². The van der Waals surface area contributed by atoms with E-state index in [0.717, 1.165) is 17.1 Å². The van der Waals surface area contributed by atoms with Crippen LogP contribution in [0.15, 0.2) is 212 Å². The highest BCUT2D eigenvalue weighted by molar-refractivity contribution is 6.14. The second-order valence-electron chi connectivity index (χ2n) is 13.7. The summed E-state index contributed by atoms with van der Waals surface area (Å²) < 4.78 is 0. The Morgan fingerprint density at radius 1 is 0.245 bits per heavy atom. The fourth-order valence-corrected chi connectivity index (χ4v) is 8.08. The Labute approximate surface area is 309 Å². The Balaban J connectivity index is 1.20. The first kappa shape index (κ1) is 30.8. The summed E-state index contributed by atoms with van der Waals surface area (Å²) >= 11 is 0. The van der Waals surface area contributed by atoms with Gasteiger partial charge in [-0.25, -0.2) is 0 Å². The van der Waals surface area contributed by atoms with Crippen molar-refractivity contribution in [2.75, 3.05) is 4.90 Å². The van der Waals surface area contributed by atoms with Crippen molar-refractivity contribution in [1.82, 2.24) is 0 Å². The van der Waals surface area contributed by atoms with Crippen LogP contribution in [0.1, 0.15) is 0 Å². The van der Waals surface area contributed by atoms with Gasteiger partial charge < -0.3 is 4.90 Å². The second kappa shape index (κ2) is 13.0. The van der Waals surface area contributed by atoms with Gasteiger partial charge in [0.2, 0.25) is 0 Å². The van der Waals surface area contributed by atoms with Crippen molar-refractivity contribution >= 4 is 60.2 Å². The van der Waals surface area contributed by atoms with E-state index >= 15 is 0 Å². The van der Waals surface area contributed by atoms with E-state index in [9.17, 15) is 0 Å². The largest absolute Gasteiger partial charge is 0.310 e. The van der Waals surface area contributed by atoms with Crippen molar-refractivity contribution in [2.24, 2.45) is 0 Å². The standard InChI is InChI=1S/C52H35N/c1-2-15-37(16-3-1)45-26-12-28-50-48(45)27-13-29-52(50)53(43-21-10-19-39(33-43)40-31-30-36-14-4-5-17-38(36)32-40)44-22-11-20-41(34-44)51-35-42-18-6-7-23-46(42)47-24-8-9-25-49(47)51/h1-35H. The van der Waals surface area contributed by atoms with Crippen molar-refractivity contribution < 1.29 is 0 Å². The summed E-state index contributed by atoms with van der Waals surface area (Å²) in [4.78, 5) is 2.44. The van der Waals surface area contributed by atoms with Crippen LogP contribution in [0.2, 0.25) is 0 Å². The number of hydrogen-bond donors (Lipinski definition) is 0. The molecule has 0 N–H and O–H groups in total. The minimum atomic E-state index is 1.10. The zero-order chi connectivity index (χ0) is 35.1. The summed E-state index contributed by atoms with van der Waals surface area (Å²) in [6.07, 6.45) is 0. The number of benzene rings is 10. The summed E-state index contributed by atoms with van der Waals surface area (Å²) in [6, 6.07) is 77.3. The first-order valence-corrected chi connectivity index (χ1v) is 18.3. The molecule has 0 heterocycles. The maximum absolute atomic E-state index is 2.44. The molecular weight excluding hydrogens is 639 g/mol. The Bertz CT molecular complexity index is 2960. The normalized spacial score (nSPS) is 11.4. The van der Waals surface area contributed by atoms with Gasteiger partial charge in [0.05, 0.1) is 5.69 Å². The van der Waals surface area contributed by atoms with Gasteiger partial charge in [-0.1, -0.05) is 170 Å². The molecule has 10 rings (SSSR count). The van der Waals surface area contributed by atoms with Crippen molar-refractivity contribution in [3.8, 4) is 33.4 Å². The summed E-state index contributed by atoms with van der Waals surface area (Å²) in [5, 5.41) is 9.96. The zero-order valence-electron chi connectivity index (χ0n) is 29.2. The molecule has 10 aromatic rings. The lowest BCUT2D eigenvalue weighted by molar-refractivity contribution is 1.30. The predicted molar refractivity (Wildman–Crippen MR) is 227 cm³/mol. The SMILES string of the molecule is c1ccc(-c2cccc3c(N(c4cccc(-c5ccc6ccccc6c5)c4)c4cccc(-c5cc6ccccc6c6ccccc56)c4)cccc23)cc1. The predicted octanol–water partition coefficient (Wildman–Crippen LogP) is 14.8. The molecule has 0 aliphatic carbocycles. The molecule has 0 atom stereocenters. The molecular formula is C52H35N. The smallest absolute Gasteiger partial charge is 0.0540 e. The third-order valence-electron chi connectivity index (χ3n) is 10.6. The van der Waals surface area contributed by atoms with E-state index in [1.54, 1.807) is 0 Å². The zero-order valence-corrected chi connectivity index (χ0v) is 29.2. The third-order valence-corrected chi connectivity index (χ3v) is 10.6. The molecule has 1 nitrogen and oxygen atoms in total. The lowest BCUT2D eigenvalue weighted by atomic mass is 9.93. The minimum absolute atomic E-state index is 1.10. The number of nitrogens with zero attached hydrogens (tertiary/aromatic N) is 1. The second-order valence-corrected chi connectivity index (χ2v) is 13.7. The van der Waals surface area contributed by atoms with Gasteiger partial charge in [0.1, 0.15) is 0 Å². The monoisotopic (exact) mass is 673 g/mol. The number of anilines is 3. The molecule has 0 aromatic heterocycles. The van der Waals surface area contributed by atoms with Gasteiger partial charge in [-0.2, -0.15) is 0 Å². The van der Waals surface area contributed by atoms with Crippen LogP contribution < -0.4 is 4.90 Å². The minimum Gasteiger partial charge on any atom is -0.310 e. The van der Waals surface area contributed by atoms with Crippen LogP contribution in [-0.4, -0.2) is 0 Å². The Kier molecular flexibility index (Phi) is 7.55. The molecule has 0 radical (unpaired) electrons. The molecule has 248 valence electrons. The molecule has 0 spiro atoms. The van der Waals surface area contributed by atoms with Crippen molar-refractivity contribution in [1.29, 1.82) is 0 Å². The van der Waals surface area contributed by atoms with E-state index in [2.05, 4.69) is 217 Å². The number of rotatable bonds is 6. The van der Waals surface area contributed by atoms with Crippen LogP contribution in [0, 0.1) is 0 Å². The summed E-state index contributed by atoms with van der Waals surface area (Å²) in [6.45, 7) is 0. The first-order valence-electron chi connectivity index (χ1n) is 18.3. The fourth-order valence-electron chi connectivity index (χ4n) is 8.08. The summed E-state index contributed by atoms with van der Waals surface area (Å²) in [7, 11) is 0. The van der Waals surface area contributed by atoms with Crippen molar-refractivity contribution in [2.45, 2.75) is 0 Å². The van der Waals surface area contributed by atoms with Gasteiger partial charge in [0, 0.05) is 16.8 Å². The van der Waals surface area contributed by atoms with E-state index in [1.165, 1.54) is 76.5 Å². The van der Waals surface area contributed by atoms with Gasteiger partial charge in [0.15, 0.2) is 0 Å². The topological polar surface area (TPSA) is 3.24 Å². The van der Waals surface area contributed by atoms with Crippen LogP contribution >= 0.6 is 0 Å². The average molecular weight is 674 g/mol. The summed E-state index contributed by atoms with van der Waals surface area (Å²) in [5.41, 5.74) is 10.6. The molecule has 0 saturated carbocycles. The third kappa shape index (κ3) is 5.51. The summed E-state index contributed by atoms with van der Waals surface area (Å²) in [5.74, 6) is 0. The molecule has 0 amide bonds. The molecule has 0 bridgehead atoms.